The molecule has 0 aromatic rings. The number of carbonyl (C=O) groups is 1. The second-order valence-electron chi connectivity index (χ2n) is 3.56. The molecule has 0 aromatic carbocycles. The van der Waals surface area contributed by atoms with Gasteiger partial charge in [-0.2, -0.15) is 0 Å². The molecular weight excluding hydrogens is 207 g/mol. The number of hydroxylamine groups is 2. The molecule has 0 rings (SSSR count). The molecule has 0 spiro atoms. The van der Waals surface area contributed by atoms with Crippen LogP contribution in [-0.2, 0) is 9.63 Å². The van der Waals surface area contributed by atoms with Gasteiger partial charge in [0.25, 0.3) is 5.91 Å². The Bertz CT molecular complexity index is 236. The lowest BCUT2D eigenvalue weighted by Gasteiger charge is -2.31. The molecule has 0 fully saturated rings. The van der Waals surface area contributed by atoms with E-state index in [9.17, 15) is 9.82 Å². The number of rotatable bonds is 7. The van der Waals surface area contributed by atoms with Crippen molar-refractivity contribution in [1.29, 1.82) is 0 Å². The number of hydrogen-bond acceptors (Lipinski definition) is 4. The first-order chi connectivity index (χ1) is 7.49. The molecule has 6 heteroatoms. The quantitative estimate of drug-likeness (QED) is 0.389. The predicted octanol–water partition coefficient (Wildman–Crippen LogP) is 0.383. The Kier molecular flexibility index (Phi) is 7.04. The van der Waals surface area contributed by atoms with E-state index >= 15 is 0 Å². The van der Waals surface area contributed by atoms with E-state index in [1.54, 1.807) is 24.8 Å². The Morgan fingerprint density at radius 1 is 1.69 bits per heavy atom. The highest BCUT2D eigenvalue weighted by molar-refractivity contribution is 6.45. The van der Waals surface area contributed by atoms with Gasteiger partial charge in [-0.25, -0.2) is 5.06 Å². The Balaban J connectivity index is 4.78. The van der Waals surface area contributed by atoms with Gasteiger partial charge in [0.05, 0.1) is 13.2 Å². The lowest BCUT2D eigenvalue weighted by molar-refractivity contribution is -0.173. The number of nitrogens with zero attached hydrogens (tertiary/aromatic N) is 2. The zero-order valence-electron chi connectivity index (χ0n) is 10.5. The van der Waals surface area contributed by atoms with E-state index in [1.807, 2.05) is 6.92 Å². The molecule has 5 nitrogen and oxygen atoms in total. The van der Waals surface area contributed by atoms with E-state index in [-0.39, 0.29) is 5.91 Å². The van der Waals surface area contributed by atoms with Crippen molar-refractivity contribution in [3.63, 3.8) is 0 Å². The average Bonchev–Trinajstić information content (AvgIpc) is 2.27. The van der Waals surface area contributed by atoms with Gasteiger partial charge in [-0.15, -0.1) is 6.58 Å². The summed E-state index contributed by atoms with van der Waals surface area (Å²) in [5.74, 6) is -0.173. The van der Waals surface area contributed by atoms with Gasteiger partial charge in [-0.3, -0.25) is 9.63 Å². The molecule has 0 saturated heterocycles. The molecule has 92 valence electrons. The Hall–Kier alpha value is -0.845. The van der Waals surface area contributed by atoms with E-state index in [0.717, 1.165) is 0 Å². The van der Waals surface area contributed by atoms with E-state index < -0.39 is 13.1 Å². The molecule has 0 aromatic heterocycles. The largest absolute Gasteiger partial charge is 0.437 e. The van der Waals surface area contributed by atoms with Crippen molar-refractivity contribution < 1.29 is 14.7 Å². The summed E-state index contributed by atoms with van der Waals surface area (Å²) in [7, 11) is 2.29. The lowest BCUT2D eigenvalue weighted by atomic mass is 9.82. The van der Waals surface area contributed by atoms with Crippen molar-refractivity contribution in [2.45, 2.75) is 26.2 Å². The van der Waals surface area contributed by atoms with E-state index in [4.69, 9.17) is 4.84 Å². The topological polar surface area (TPSA) is 53.0 Å². The molecule has 0 bridgehead atoms. The third-order valence-corrected chi connectivity index (χ3v) is 2.48. The molecule has 1 amide bonds. The normalized spacial score (nSPS) is 12.4. The van der Waals surface area contributed by atoms with E-state index in [1.165, 1.54) is 12.2 Å². The second kappa shape index (κ2) is 7.43. The fourth-order valence-corrected chi connectivity index (χ4v) is 1.54. The summed E-state index contributed by atoms with van der Waals surface area (Å²) in [6.45, 7) is 7.60. The van der Waals surface area contributed by atoms with Crippen LogP contribution in [0.25, 0.3) is 0 Å². The van der Waals surface area contributed by atoms with Crippen LogP contribution in [0.5, 0.6) is 0 Å². The van der Waals surface area contributed by atoms with Crippen LogP contribution < -0.4 is 0 Å². The van der Waals surface area contributed by atoms with Crippen LogP contribution in [0.2, 0.25) is 6.82 Å². The molecule has 16 heavy (non-hydrogen) atoms. The van der Waals surface area contributed by atoms with Crippen LogP contribution in [0.15, 0.2) is 12.7 Å². The summed E-state index contributed by atoms with van der Waals surface area (Å²) in [6.07, 6.45) is 2.26. The van der Waals surface area contributed by atoms with Crippen LogP contribution in [0.3, 0.4) is 0 Å². The van der Waals surface area contributed by atoms with Gasteiger partial charge in [-0.1, -0.05) is 13.0 Å². The molecule has 0 radical (unpaired) electrons. The SMILES string of the molecule is C=CCN(B(C)O)[C@H](CC)C(=O)N(C)OC. The van der Waals surface area contributed by atoms with Crippen molar-refractivity contribution in [1.82, 2.24) is 9.87 Å². The molecule has 0 aliphatic carbocycles. The summed E-state index contributed by atoms with van der Waals surface area (Å²) in [5, 5.41) is 10.8. The first-order valence-electron chi connectivity index (χ1n) is 5.35. The zero-order valence-corrected chi connectivity index (χ0v) is 10.5. The maximum atomic E-state index is 11.9. The minimum Gasteiger partial charge on any atom is -0.437 e. The Morgan fingerprint density at radius 3 is 2.56 bits per heavy atom. The molecule has 1 N–H and O–H groups in total. The van der Waals surface area contributed by atoms with Crippen molar-refractivity contribution in [2.24, 2.45) is 0 Å². The van der Waals surface area contributed by atoms with Crippen LogP contribution in [0.4, 0.5) is 0 Å². The van der Waals surface area contributed by atoms with Crippen molar-refractivity contribution >= 4 is 13.0 Å². The third-order valence-electron chi connectivity index (χ3n) is 2.48. The van der Waals surface area contributed by atoms with Crippen LogP contribution in [0, 0.1) is 0 Å². The molecular formula is C10H21BN2O3. The maximum Gasteiger partial charge on any atom is 0.377 e. The van der Waals surface area contributed by atoms with Crippen LogP contribution >= 0.6 is 0 Å². The molecule has 0 saturated carbocycles. The second-order valence-corrected chi connectivity index (χ2v) is 3.56. The molecule has 0 unspecified atom stereocenters. The summed E-state index contributed by atoms with van der Waals surface area (Å²) >= 11 is 0. The van der Waals surface area contributed by atoms with Gasteiger partial charge < -0.3 is 9.83 Å². The average molecular weight is 228 g/mol. The number of likely N-dealkylation sites (N-methyl/N-ethyl adjacent to an activating group) is 1. The Labute approximate surface area is 97.8 Å². The fourth-order valence-electron chi connectivity index (χ4n) is 1.54. The van der Waals surface area contributed by atoms with Crippen LogP contribution in [0.1, 0.15) is 13.3 Å². The van der Waals surface area contributed by atoms with Gasteiger partial charge in [-0.05, 0) is 13.2 Å². The highest BCUT2D eigenvalue weighted by Crippen LogP contribution is 2.09. The van der Waals surface area contributed by atoms with Crippen molar-refractivity contribution in [3.8, 4) is 0 Å². The van der Waals surface area contributed by atoms with Gasteiger partial charge in [0.15, 0.2) is 0 Å². The molecule has 0 aliphatic rings. The minimum atomic E-state index is -0.697. The fraction of sp³-hybridized carbons (Fsp3) is 0.700. The zero-order chi connectivity index (χ0) is 12.7. The van der Waals surface area contributed by atoms with Crippen molar-refractivity contribution in [2.75, 3.05) is 20.7 Å². The standard InChI is InChI=1S/C10H21BN2O3/c1-6-8-13(11(3)15)9(7-2)10(14)12(4)16-5/h6,9,15H,1,7-8H2,2-5H3/t9-/m1/s1. The Morgan fingerprint density at radius 2 is 2.25 bits per heavy atom. The maximum absolute atomic E-state index is 11.9. The van der Waals surface area contributed by atoms with E-state index in [2.05, 4.69) is 6.58 Å². The number of hydrogen-bond donors (Lipinski definition) is 1. The lowest BCUT2D eigenvalue weighted by Crippen LogP contribution is -2.52. The van der Waals surface area contributed by atoms with Crippen LogP contribution in [-0.4, -0.2) is 54.6 Å². The predicted molar refractivity (Wildman–Crippen MR) is 64.6 cm³/mol. The number of carbonyl (C=O) groups excluding carboxylic acids is 1. The summed E-state index contributed by atoms with van der Waals surface area (Å²) in [4.78, 5) is 18.5. The van der Waals surface area contributed by atoms with E-state index in [0.29, 0.717) is 13.0 Å². The summed E-state index contributed by atoms with van der Waals surface area (Å²) in [6, 6.07) is -0.400. The minimum absolute atomic E-state index is 0.173. The van der Waals surface area contributed by atoms with Gasteiger partial charge in [0.2, 0.25) is 0 Å². The van der Waals surface area contributed by atoms with Gasteiger partial charge >= 0.3 is 7.05 Å². The third kappa shape index (κ3) is 3.96. The smallest absolute Gasteiger partial charge is 0.377 e. The van der Waals surface area contributed by atoms with Gasteiger partial charge in [0, 0.05) is 13.6 Å². The molecule has 0 heterocycles. The van der Waals surface area contributed by atoms with Crippen molar-refractivity contribution in [3.05, 3.63) is 12.7 Å². The number of amides is 1. The highest BCUT2D eigenvalue weighted by Gasteiger charge is 2.30. The summed E-state index contributed by atoms with van der Waals surface area (Å²) in [5.41, 5.74) is 0. The molecule has 1 atom stereocenters. The first-order valence-corrected chi connectivity index (χ1v) is 5.35. The summed E-state index contributed by atoms with van der Waals surface area (Å²) < 4.78 is 0. The highest BCUT2D eigenvalue weighted by atomic mass is 16.7. The van der Waals surface area contributed by atoms with Gasteiger partial charge in [0.1, 0.15) is 0 Å². The first kappa shape index (κ1) is 15.2. The molecule has 0 aliphatic heterocycles. The monoisotopic (exact) mass is 228 g/mol.